The molecule has 0 heterocycles. The van der Waals surface area contributed by atoms with Crippen molar-refractivity contribution in [1.29, 1.82) is 0 Å². The highest BCUT2D eigenvalue weighted by Gasteiger charge is 2.15. The van der Waals surface area contributed by atoms with Crippen LogP contribution in [-0.2, 0) is 10.0 Å². The van der Waals surface area contributed by atoms with Gasteiger partial charge in [0.05, 0.1) is 4.90 Å². The molecule has 0 atom stereocenters. The predicted octanol–water partition coefficient (Wildman–Crippen LogP) is 2.04. The quantitative estimate of drug-likeness (QED) is 0.756. The van der Waals surface area contributed by atoms with Gasteiger partial charge in [0.1, 0.15) is 4.99 Å². The van der Waals surface area contributed by atoms with Crippen LogP contribution >= 0.6 is 12.2 Å². The normalized spacial score (nSPS) is 11.7. The molecule has 0 aromatic heterocycles. The van der Waals surface area contributed by atoms with Crippen LogP contribution in [0, 0.1) is 5.92 Å². The molecule has 3 N–H and O–H groups in total. The average Bonchev–Trinajstić information content (AvgIpc) is 2.40. The number of hydrogen-bond acceptors (Lipinski definition) is 3. The number of hydrogen-bond donors (Lipinski definition) is 2. The molecule has 4 nitrogen and oxygen atoms in total. The highest BCUT2D eigenvalue weighted by Crippen LogP contribution is 2.12. The fourth-order valence-corrected chi connectivity index (χ4v) is 2.94. The van der Waals surface area contributed by atoms with Crippen LogP contribution in [0.1, 0.15) is 32.3 Å². The summed E-state index contributed by atoms with van der Waals surface area (Å²) in [5.41, 5.74) is 6.13. The Morgan fingerprint density at radius 2 is 1.79 bits per heavy atom. The van der Waals surface area contributed by atoms with Gasteiger partial charge in [-0.05, 0) is 18.1 Å². The molecule has 1 rings (SSSR count). The van der Waals surface area contributed by atoms with E-state index in [1.165, 1.54) is 12.1 Å². The standard InChI is InChI=1S/C13H20N2O2S2/c1-3-10(4-2)9-15-19(16,17)12-7-5-11(6-8-12)13(14)18/h5-8,10,15H,3-4,9H2,1-2H3,(H2,14,18). The number of rotatable bonds is 7. The SMILES string of the molecule is CCC(CC)CNS(=O)(=O)c1ccc(C(N)=S)cc1. The van der Waals surface area contributed by atoms with E-state index in [4.69, 9.17) is 18.0 Å². The maximum absolute atomic E-state index is 12.1. The lowest BCUT2D eigenvalue weighted by molar-refractivity contribution is 0.479. The summed E-state index contributed by atoms with van der Waals surface area (Å²) in [7, 11) is -3.45. The van der Waals surface area contributed by atoms with Gasteiger partial charge in [0.15, 0.2) is 0 Å². The highest BCUT2D eigenvalue weighted by molar-refractivity contribution is 7.89. The van der Waals surface area contributed by atoms with Crippen LogP contribution < -0.4 is 10.5 Å². The third kappa shape index (κ3) is 4.56. The first-order valence-corrected chi connectivity index (χ1v) is 8.19. The van der Waals surface area contributed by atoms with Gasteiger partial charge in [0, 0.05) is 12.1 Å². The second-order valence-corrected chi connectivity index (χ2v) is 6.63. The number of nitrogens with two attached hydrogens (primary N) is 1. The Labute approximate surface area is 120 Å². The van der Waals surface area contributed by atoms with Crippen LogP contribution in [0.15, 0.2) is 29.2 Å². The minimum Gasteiger partial charge on any atom is -0.389 e. The van der Waals surface area contributed by atoms with E-state index in [1.54, 1.807) is 12.1 Å². The molecule has 6 heteroatoms. The van der Waals surface area contributed by atoms with Crippen molar-refractivity contribution in [2.45, 2.75) is 31.6 Å². The smallest absolute Gasteiger partial charge is 0.240 e. The number of nitrogens with one attached hydrogen (secondary N) is 1. The molecule has 1 aromatic rings. The van der Waals surface area contributed by atoms with Crippen molar-refractivity contribution in [3.63, 3.8) is 0 Å². The monoisotopic (exact) mass is 300 g/mol. The van der Waals surface area contributed by atoms with E-state index >= 15 is 0 Å². The van der Waals surface area contributed by atoms with Gasteiger partial charge in [-0.15, -0.1) is 0 Å². The van der Waals surface area contributed by atoms with Crippen LogP contribution in [0.25, 0.3) is 0 Å². The van der Waals surface area contributed by atoms with Crippen molar-refractivity contribution in [2.24, 2.45) is 11.7 Å². The van der Waals surface area contributed by atoms with E-state index in [-0.39, 0.29) is 9.88 Å². The van der Waals surface area contributed by atoms with E-state index in [1.807, 2.05) is 0 Å². The van der Waals surface area contributed by atoms with Gasteiger partial charge in [0.2, 0.25) is 10.0 Å². The zero-order valence-corrected chi connectivity index (χ0v) is 12.9. The fraction of sp³-hybridized carbons (Fsp3) is 0.462. The molecule has 0 aliphatic heterocycles. The molecule has 0 bridgehead atoms. The van der Waals surface area contributed by atoms with Crippen LogP contribution in [0.2, 0.25) is 0 Å². The topological polar surface area (TPSA) is 72.2 Å². The van der Waals surface area contributed by atoms with Gasteiger partial charge in [-0.2, -0.15) is 0 Å². The lowest BCUT2D eigenvalue weighted by Gasteiger charge is -2.13. The summed E-state index contributed by atoms with van der Waals surface area (Å²) in [4.78, 5) is 0.493. The second-order valence-electron chi connectivity index (χ2n) is 4.42. The summed E-state index contributed by atoms with van der Waals surface area (Å²) < 4.78 is 26.8. The molecule has 106 valence electrons. The third-order valence-corrected chi connectivity index (χ3v) is 4.84. The van der Waals surface area contributed by atoms with Crippen LogP contribution in [-0.4, -0.2) is 20.0 Å². The first-order valence-electron chi connectivity index (χ1n) is 6.30. The van der Waals surface area contributed by atoms with E-state index in [0.29, 0.717) is 18.0 Å². The van der Waals surface area contributed by atoms with E-state index in [9.17, 15) is 8.42 Å². The van der Waals surface area contributed by atoms with Gasteiger partial charge >= 0.3 is 0 Å². The summed E-state index contributed by atoms with van der Waals surface area (Å²) in [5, 5.41) is 0. The maximum atomic E-state index is 12.1. The molecule has 0 radical (unpaired) electrons. The largest absolute Gasteiger partial charge is 0.389 e. The molecule has 0 amide bonds. The Bertz CT molecular complexity index is 520. The predicted molar refractivity (Wildman–Crippen MR) is 81.6 cm³/mol. The lowest BCUT2D eigenvalue weighted by atomic mass is 10.0. The second kappa shape index (κ2) is 6.98. The molecular weight excluding hydrogens is 280 g/mol. The molecule has 0 unspecified atom stereocenters. The minimum atomic E-state index is -3.45. The summed E-state index contributed by atoms with van der Waals surface area (Å²) in [6.45, 7) is 4.57. The summed E-state index contributed by atoms with van der Waals surface area (Å²) in [5.74, 6) is 0.366. The van der Waals surface area contributed by atoms with Gasteiger partial charge in [-0.1, -0.05) is 51.0 Å². The molecule has 0 saturated carbocycles. The zero-order chi connectivity index (χ0) is 14.5. The maximum Gasteiger partial charge on any atom is 0.240 e. The summed E-state index contributed by atoms with van der Waals surface area (Å²) in [6, 6.07) is 6.27. The number of thiocarbonyl (C=S) groups is 1. The van der Waals surface area contributed by atoms with E-state index < -0.39 is 10.0 Å². The van der Waals surface area contributed by atoms with Crippen LogP contribution in [0.3, 0.4) is 0 Å². The summed E-state index contributed by atoms with van der Waals surface area (Å²) in [6.07, 6.45) is 1.92. The van der Waals surface area contributed by atoms with Gasteiger partial charge in [-0.25, -0.2) is 13.1 Å². The fourth-order valence-electron chi connectivity index (χ4n) is 1.69. The first-order chi connectivity index (χ1) is 8.90. The Hall–Kier alpha value is -0.980. The number of sulfonamides is 1. The van der Waals surface area contributed by atoms with Crippen LogP contribution in [0.4, 0.5) is 0 Å². The Morgan fingerprint density at radius 3 is 2.21 bits per heavy atom. The van der Waals surface area contributed by atoms with E-state index in [2.05, 4.69) is 18.6 Å². The van der Waals surface area contributed by atoms with Crippen molar-refractivity contribution in [3.05, 3.63) is 29.8 Å². The summed E-state index contributed by atoms with van der Waals surface area (Å²) >= 11 is 4.83. The lowest BCUT2D eigenvalue weighted by Crippen LogP contribution is -2.29. The molecule has 1 aromatic carbocycles. The minimum absolute atomic E-state index is 0.235. The van der Waals surface area contributed by atoms with Crippen molar-refractivity contribution < 1.29 is 8.42 Å². The number of benzene rings is 1. The molecule has 0 spiro atoms. The molecular formula is C13H20N2O2S2. The Kier molecular flexibility index (Phi) is 5.90. The van der Waals surface area contributed by atoms with E-state index in [0.717, 1.165) is 12.8 Å². The van der Waals surface area contributed by atoms with Crippen molar-refractivity contribution >= 4 is 27.2 Å². The first kappa shape index (κ1) is 16.1. The molecule has 0 saturated heterocycles. The molecule has 0 aliphatic carbocycles. The average molecular weight is 300 g/mol. The molecule has 19 heavy (non-hydrogen) atoms. The highest BCUT2D eigenvalue weighted by atomic mass is 32.2. The third-order valence-electron chi connectivity index (χ3n) is 3.17. The Morgan fingerprint density at radius 1 is 1.26 bits per heavy atom. The van der Waals surface area contributed by atoms with Gasteiger partial charge in [-0.3, -0.25) is 0 Å². The van der Waals surface area contributed by atoms with Crippen LogP contribution in [0.5, 0.6) is 0 Å². The van der Waals surface area contributed by atoms with Crippen molar-refractivity contribution in [2.75, 3.05) is 6.54 Å². The van der Waals surface area contributed by atoms with Gasteiger partial charge < -0.3 is 5.73 Å². The van der Waals surface area contributed by atoms with Crippen molar-refractivity contribution in [3.8, 4) is 0 Å². The Balaban J connectivity index is 2.80. The van der Waals surface area contributed by atoms with Crippen molar-refractivity contribution in [1.82, 2.24) is 4.72 Å². The van der Waals surface area contributed by atoms with Gasteiger partial charge in [0.25, 0.3) is 0 Å². The molecule has 0 fully saturated rings. The zero-order valence-electron chi connectivity index (χ0n) is 11.2. The molecule has 0 aliphatic rings.